The zero-order chi connectivity index (χ0) is 17.5. The van der Waals surface area contributed by atoms with Gasteiger partial charge in [0, 0.05) is 26.2 Å². The first-order valence-electron chi connectivity index (χ1n) is 7.76. The molecular weight excluding hydrogens is 308 g/mol. The molecular formula is C17H28N4OS. The van der Waals surface area contributed by atoms with Gasteiger partial charge in [-0.1, -0.05) is 51.1 Å². The van der Waals surface area contributed by atoms with E-state index in [2.05, 4.69) is 31.4 Å². The number of rotatable bonds is 6. The summed E-state index contributed by atoms with van der Waals surface area (Å²) in [4.78, 5) is 13.8. The number of amides is 1. The molecule has 6 heteroatoms. The molecule has 1 unspecified atom stereocenters. The lowest BCUT2D eigenvalue weighted by molar-refractivity contribution is -0.129. The highest BCUT2D eigenvalue weighted by Crippen LogP contribution is 2.18. The summed E-state index contributed by atoms with van der Waals surface area (Å²) in [7, 11) is 1.78. The number of nitrogens with one attached hydrogen (secondary N) is 2. The molecule has 1 amide bonds. The van der Waals surface area contributed by atoms with E-state index in [1.165, 1.54) is 0 Å². The van der Waals surface area contributed by atoms with Crippen molar-refractivity contribution in [3.05, 3.63) is 35.9 Å². The summed E-state index contributed by atoms with van der Waals surface area (Å²) in [5.41, 5.74) is 6.86. The number of likely N-dealkylation sites (N-methyl/N-ethyl adjacent to an activating group) is 1. The summed E-state index contributed by atoms with van der Waals surface area (Å²) in [6.45, 7) is 7.51. The van der Waals surface area contributed by atoms with E-state index in [0.29, 0.717) is 18.2 Å². The van der Waals surface area contributed by atoms with Crippen LogP contribution in [-0.2, 0) is 11.3 Å². The van der Waals surface area contributed by atoms with Crippen molar-refractivity contribution in [3.63, 3.8) is 0 Å². The molecule has 4 N–H and O–H groups in total. The van der Waals surface area contributed by atoms with E-state index < -0.39 is 0 Å². The van der Waals surface area contributed by atoms with Crippen LogP contribution in [0.4, 0.5) is 0 Å². The summed E-state index contributed by atoms with van der Waals surface area (Å²) in [5, 5.41) is 6.59. The van der Waals surface area contributed by atoms with Crippen molar-refractivity contribution in [3.8, 4) is 0 Å². The molecule has 0 radical (unpaired) electrons. The summed E-state index contributed by atoms with van der Waals surface area (Å²) >= 11 is 5.25. The molecule has 5 nitrogen and oxygen atoms in total. The minimum absolute atomic E-state index is 0.00536. The Morgan fingerprint density at radius 1 is 1.30 bits per heavy atom. The quantitative estimate of drug-likeness (QED) is 0.687. The molecule has 0 saturated heterocycles. The summed E-state index contributed by atoms with van der Waals surface area (Å²) in [6, 6.07) is 9.94. The Morgan fingerprint density at radius 2 is 1.91 bits per heavy atom. The highest BCUT2D eigenvalue weighted by atomic mass is 32.1. The zero-order valence-corrected chi connectivity index (χ0v) is 15.2. The van der Waals surface area contributed by atoms with Crippen molar-refractivity contribution in [2.24, 2.45) is 11.1 Å². The van der Waals surface area contributed by atoms with Crippen LogP contribution >= 0.6 is 12.2 Å². The topological polar surface area (TPSA) is 70.4 Å². The molecule has 0 fully saturated rings. The van der Waals surface area contributed by atoms with Gasteiger partial charge in [-0.05, 0) is 23.2 Å². The monoisotopic (exact) mass is 336 g/mol. The number of hydrogen-bond acceptors (Lipinski definition) is 3. The number of nitrogens with two attached hydrogens (primary N) is 1. The zero-order valence-electron chi connectivity index (χ0n) is 14.4. The summed E-state index contributed by atoms with van der Waals surface area (Å²) in [5.74, 6) is -0.0157. The third-order valence-electron chi connectivity index (χ3n) is 3.67. The van der Waals surface area contributed by atoms with Gasteiger partial charge in [0.2, 0.25) is 5.91 Å². The average molecular weight is 337 g/mol. The van der Waals surface area contributed by atoms with Gasteiger partial charge in [0.15, 0.2) is 5.11 Å². The predicted molar refractivity (Wildman–Crippen MR) is 98.9 cm³/mol. The second-order valence-electron chi connectivity index (χ2n) is 6.72. The van der Waals surface area contributed by atoms with Crippen LogP contribution in [0.2, 0.25) is 0 Å². The molecule has 0 aliphatic carbocycles. The molecule has 1 atom stereocenters. The van der Waals surface area contributed by atoms with E-state index in [-0.39, 0.29) is 23.9 Å². The van der Waals surface area contributed by atoms with Crippen LogP contribution in [0.25, 0.3) is 0 Å². The average Bonchev–Trinajstić information content (AvgIpc) is 2.50. The maximum atomic E-state index is 12.2. The first-order chi connectivity index (χ1) is 10.7. The van der Waals surface area contributed by atoms with Crippen molar-refractivity contribution in [1.82, 2.24) is 15.5 Å². The Kier molecular flexibility index (Phi) is 7.45. The van der Waals surface area contributed by atoms with Crippen molar-refractivity contribution in [1.29, 1.82) is 0 Å². The Labute approximate surface area is 144 Å². The maximum Gasteiger partial charge on any atom is 0.241 e. The molecule has 1 aromatic rings. The van der Waals surface area contributed by atoms with Gasteiger partial charge in [-0.25, -0.2) is 0 Å². The number of nitrogens with zero attached hydrogens (tertiary/aromatic N) is 1. The van der Waals surface area contributed by atoms with E-state index in [0.717, 1.165) is 5.56 Å². The maximum absolute atomic E-state index is 12.2. The Hall–Kier alpha value is -1.66. The first-order valence-corrected chi connectivity index (χ1v) is 8.17. The molecule has 23 heavy (non-hydrogen) atoms. The standard InChI is InChI=1S/C17H28N4OS/c1-17(2,3)14(10-18)20-16(23)19-11-15(22)21(4)12-13-8-6-5-7-9-13/h5-9,14H,10-12,18H2,1-4H3,(H2,19,20,23). The largest absolute Gasteiger partial charge is 0.358 e. The van der Waals surface area contributed by atoms with Gasteiger partial charge < -0.3 is 21.3 Å². The van der Waals surface area contributed by atoms with E-state index in [1.54, 1.807) is 11.9 Å². The smallest absolute Gasteiger partial charge is 0.241 e. The van der Waals surface area contributed by atoms with E-state index >= 15 is 0 Å². The van der Waals surface area contributed by atoms with Gasteiger partial charge in [0.1, 0.15) is 0 Å². The number of carbonyl (C=O) groups excluding carboxylic acids is 1. The third-order valence-corrected chi connectivity index (χ3v) is 3.94. The molecule has 0 heterocycles. The molecule has 0 bridgehead atoms. The number of benzene rings is 1. The molecule has 1 rings (SSSR count). The van der Waals surface area contributed by atoms with E-state index in [1.807, 2.05) is 30.3 Å². The molecule has 1 aromatic carbocycles. The Bertz CT molecular complexity index is 513. The predicted octanol–water partition coefficient (Wildman–Crippen LogP) is 1.48. The lowest BCUT2D eigenvalue weighted by Gasteiger charge is -2.31. The molecule has 128 valence electrons. The number of carbonyl (C=O) groups is 1. The van der Waals surface area contributed by atoms with Crippen molar-refractivity contribution < 1.29 is 4.79 Å². The van der Waals surface area contributed by atoms with Crippen LogP contribution in [-0.4, -0.2) is 42.1 Å². The highest BCUT2D eigenvalue weighted by molar-refractivity contribution is 7.80. The van der Waals surface area contributed by atoms with Gasteiger partial charge in [-0.3, -0.25) is 4.79 Å². The SMILES string of the molecule is CN(Cc1ccccc1)C(=O)CNC(=S)NC(CN)C(C)(C)C. The van der Waals surface area contributed by atoms with Crippen LogP contribution in [0.3, 0.4) is 0 Å². The lowest BCUT2D eigenvalue weighted by atomic mass is 9.87. The molecule has 0 aromatic heterocycles. The summed E-state index contributed by atoms with van der Waals surface area (Å²) < 4.78 is 0. The van der Waals surface area contributed by atoms with Crippen molar-refractivity contribution in [2.75, 3.05) is 20.1 Å². The minimum Gasteiger partial charge on any atom is -0.358 e. The Morgan fingerprint density at radius 3 is 2.43 bits per heavy atom. The van der Waals surface area contributed by atoms with Gasteiger partial charge in [0.25, 0.3) is 0 Å². The molecule has 0 saturated carbocycles. The fourth-order valence-electron chi connectivity index (χ4n) is 2.07. The van der Waals surface area contributed by atoms with Crippen LogP contribution < -0.4 is 16.4 Å². The lowest BCUT2D eigenvalue weighted by Crippen LogP contribution is -2.52. The fraction of sp³-hybridized carbons (Fsp3) is 0.529. The third kappa shape index (κ3) is 6.97. The van der Waals surface area contributed by atoms with Crippen LogP contribution in [0.5, 0.6) is 0 Å². The molecule has 0 spiro atoms. The van der Waals surface area contributed by atoms with Gasteiger partial charge in [0.05, 0.1) is 6.54 Å². The fourth-order valence-corrected chi connectivity index (χ4v) is 2.29. The number of hydrogen-bond donors (Lipinski definition) is 3. The van der Waals surface area contributed by atoms with Crippen LogP contribution in [0.1, 0.15) is 26.3 Å². The van der Waals surface area contributed by atoms with Gasteiger partial charge in [-0.15, -0.1) is 0 Å². The van der Waals surface area contributed by atoms with Crippen molar-refractivity contribution in [2.45, 2.75) is 33.4 Å². The minimum atomic E-state index is -0.0157. The Balaban J connectivity index is 2.41. The second-order valence-corrected chi connectivity index (χ2v) is 7.12. The molecule has 0 aliphatic rings. The second kappa shape index (κ2) is 8.84. The first kappa shape index (κ1) is 19.4. The summed E-state index contributed by atoms with van der Waals surface area (Å²) in [6.07, 6.45) is 0. The van der Waals surface area contributed by atoms with Crippen LogP contribution in [0, 0.1) is 5.41 Å². The van der Waals surface area contributed by atoms with Gasteiger partial charge in [-0.2, -0.15) is 0 Å². The number of thiocarbonyl (C=S) groups is 1. The molecule has 0 aliphatic heterocycles. The van der Waals surface area contributed by atoms with E-state index in [9.17, 15) is 4.79 Å². The van der Waals surface area contributed by atoms with Crippen LogP contribution in [0.15, 0.2) is 30.3 Å². The van der Waals surface area contributed by atoms with E-state index in [4.69, 9.17) is 18.0 Å². The normalized spacial score (nSPS) is 12.4. The van der Waals surface area contributed by atoms with Crippen molar-refractivity contribution >= 4 is 23.2 Å². The highest BCUT2D eigenvalue weighted by Gasteiger charge is 2.23. The van der Waals surface area contributed by atoms with Gasteiger partial charge >= 0.3 is 0 Å².